The first kappa shape index (κ1) is 17.0. The van der Waals surface area contributed by atoms with E-state index in [9.17, 15) is 0 Å². The fraction of sp³-hybridized carbons (Fsp3) is 0.625. The predicted octanol–water partition coefficient (Wildman–Crippen LogP) is 2.31. The Hall–Kier alpha value is -1.10. The van der Waals surface area contributed by atoms with E-state index in [1.54, 1.807) is 7.11 Å². The number of likely N-dealkylation sites (N-methyl/N-ethyl adjacent to an activating group) is 2. The van der Waals surface area contributed by atoms with Crippen molar-refractivity contribution in [2.45, 2.75) is 19.9 Å². The van der Waals surface area contributed by atoms with E-state index in [1.165, 1.54) is 5.56 Å². The molecule has 0 aliphatic carbocycles. The van der Waals surface area contributed by atoms with E-state index in [1.807, 2.05) is 19.1 Å². The smallest absolute Gasteiger partial charge is 0.123 e. The Morgan fingerprint density at radius 3 is 2.65 bits per heavy atom. The van der Waals surface area contributed by atoms with Crippen LogP contribution in [-0.2, 0) is 4.74 Å². The second-order valence-electron chi connectivity index (χ2n) is 4.81. The van der Waals surface area contributed by atoms with Gasteiger partial charge in [0.05, 0.1) is 13.7 Å². The number of nitrogens with zero attached hydrogens (tertiary/aromatic N) is 1. The normalized spacial score (nSPS) is 12.7. The van der Waals surface area contributed by atoms with Crippen molar-refractivity contribution in [1.29, 1.82) is 0 Å². The summed E-state index contributed by atoms with van der Waals surface area (Å²) in [5, 5.41) is 3.53. The summed E-state index contributed by atoms with van der Waals surface area (Å²) in [4.78, 5) is 2.29. The molecule has 0 heterocycles. The van der Waals surface area contributed by atoms with Crippen molar-refractivity contribution in [3.05, 3.63) is 29.8 Å². The summed E-state index contributed by atoms with van der Waals surface area (Å²) >= 11 is 0. The Balaban J connectivity index is 2.68. The van der Waals surface area contributed by atoms with Gasteiger partial charge >= 0.3 is 0 Å². The lowest BCUT2D eigenvalue weighted by atomic mass is 10.1. The zero-order valence-electron chi connectivity index (χ0n) is 13.2. The second-order valence-corrected chi connectivity index (χ2v) is 4.81. The summed E-state index contributed by atoms with van der Waals surface area (Å²) in [5.74, 6) is 0.941. The summed E-state index contributed by atoms with van der Waals surface area (Å²) in [5.41, 5.74) is 1.21. The van der Waals surface area contributed by atoms with Crippen molar-refractivity contribution in [3.8, 4) is 5.75 Å². The number of hydrogen-bond acceptors (Lipinski definition) is 4. The monoisotopic (exact) mass is 280 g/mol. The number of rotatable bonds is 10. The largest absolute Gasteiger partial charge is 0.496 e. The summed E-state index contributed by atoms with van der Waals surface area (Å²) in [7, 11) is 3.85. The van der Waals surface area contributed by atoms with Gasteiger partial charge in [0.2, 0.25) is 0 Å². The van der Waals surface area contributed by atoms with Crippen molar-refractivity contribution in [2.75, 3.05) is 47.0 Å². The Morgan fingerprint density at radius 1 is 1.25 bits per heavy atom. The van der Waals surface area contributed by atoms with Crippen LogP contribution in [0, 0.1) is 0 Å². The first-order valence-corrected chi connectivity index (χ1v) is 7.35. The van der Waals surface area contributed by atoms with E-state index in [-0.39, 0.29) is 6.04 Å². The van der Waals surface area contributed by atoms with Crippen molar-refractivity contribution in [2.24, 2.45) is 0 Å². The van der Waals surface area contributed by atoms with E-state index < -0.39 is 0 Å². The van der Waals surface area contributed by atoms with Crippen LogP contribution in [0.3, 0.4) is 0 Å². The molecule has 0 bridgehead atoms. The highest BCUT2D eigenvalue weighted by atomic mass is 16.5. The standard InChI is InChI=1S/C16H28N2O2/c1-5-17-15(13-18(3)11-12-20-6-2)14-9-7-8-10-16(14)19-4/h7-10,15,17H,5-6,11-13H2,1-4H3. The molecule has 1 rings (SSSR count). The molecule has 0 amide bonds. The third-order valence-electron chi connectivity index (χ3n) is 3.28. The highest BCUT2D eigenvalue weighted by Crippen LogP contribution is 2.25. The molecular weight excluding hydrogens is 252 g/mol. The third kappa shape index (κ3) is 5.49. The van der Waals surface area contributed by atoms with Crippen LogP contribution in [0.2, 0.25) is 0 Å². The van der Waals surface area contributed by atoms with E-state index in [0.29, 0.717) is 0 Å². The molecule has 1 N–H and O–H groups in total. The maximum Gasteiger partial charge on any atom is 0.123 e. The maximum atomic E-state index is 5.47. The lowest BCUT2D eigenvalue weighted by Gasteiger charge is -2.26. The van der Waals surface area contributed by atoms with Gasteiger partial charge in [0.25, 0.3) is 0 Å². The van der Waals surface area contributed by atoms with Gasteiger partial charge < -0.3 is 19.7 Å². The fourth-order valence-electron chi connectivity index (χ4n) is 2.24. The number of nitrogens with one attached hydrogen (secondary N) is 1. The zero-order chi connectivity index (χ0) is 14.8. The molecule has 0 aliphatic rings. The molecule has 0 fully saturated rings. The molecule has 4 heteroatoms. The minimum atomic E-state index is 0.266. The minimum Gasteiger partial charge on any atom is -0.496 e. The SMILES string of the molecule is CCNC(CN(C)CCOCC)c1ccccc1OC. The number of para-hydroxylation sites is 1. The van der Waals surface area contributed by atoms with Gasteiger partial charge in [0.1, 0.15) is 5.75 Å². The minimum absolute atomic E-state index is 0.266. The van der Waals surface area contributed by atoms with Gasteiger partial charge in [-0.1, -0.05) is 25.1 Å². The van der Waals surface area contributed by atoms with Crippen LogP contribution in [0.5, 0.6) is 5.75 Å². The van der Waals surface area contributed by atoms with E-state index in [0.717, 1.165) is 38.6 Å². The topological polar surface area (TPSA) is 33.7 Å². The van der Waals surface area contributed by atoms with Gasteiger partial charge in [-0.15, -0.1) is 0 Å². The van der Waals surface area contributed by atoms with Crippen LogP contribution < -0.4 is 10.1 Å². The number of hydrogen-bond donors (Lipinski definition) is 1. The Bertz CT molecular complexity index is 371. The Morgan fingerprint density at radius 2 is 2.00 bits per heavy atom. The van der Waals surface area contributed by atoms with Gasteiger partial charge in [-0.3, -0.25) is 0 Å². The third-order valence-corrected chi connectivity index (χ3v) is 3.28. The van der Waals surface area contributed by atoms with E-state index in [2.05, 4.69) is 36.3 Å². The summed E-state index contributed by atoms with van der Waals surface area (Å²) in [6.07, 6.45) is 0. The van der Waals surface area contributed by atoms with Gasteiger partial charge in [-0.05, 0) is 26.6 Å². The van der Waals surface area contributed by atoms with Gasteiger partial charge in [-0.2, -0.15) is 0 Å². The molecule has 0 aromatic heterocycles. The average Bonchev–Trinajstić information content (AvgIpc) is 2.47. The molecule has 4 nitrogen and oxygen atoms in total. The maximum absolute atomic E-state index is 5.47. The number of ether oxygens (including phenoxy) is 2. The van der Waals surface area contributed by atoms with Crippen LogP contribution in [-0.4, -0.2) is 51.9 Å². The van der Waals surface area contributed by atoms with Crippen LogP contribution in [0.15, 0.2) is 24.3 Å². The summed E-state index contributed by atoms with van der Waals surface area (Å²) < 4.78 is 10.9. The fourth-order valence-corrected chi connectivity index (χ4v) is 2.24. The van der Waals surface area contributed by atoms with Crippen molar-refractivity contribution < 1.29 is 9.47 Å². The number of methoxy groups -OCH3 is 1. The van der Waals surface area contributed by atoms with Crippen molar-refractivity contribution >= 4 is 0 Å². The average molecular weight is 280 g/mol. The lowest BCUT2D eigenvalue weighted by Crippen LogP contribution is -2.35. The van der Waals surface area contributed by atoms with Gasteiger partial charge in [0, 0.05) is 31.3 Å². The molecule has 0 saturated carbocycles. The molecule has 1 aromatic carbocycles. The molecule has 1 unspecified atom stereocenters. The highest BCUT2D eigenvalue weighted by Gasteiger charge is 2.16. The molecular formula is C16H28N2O2. The molecule has 1 aromatic rings. The predicted molar refractivity (Wildman–Crippen MR) is 83.4 cm³/mol. The summed E-state index contributed by atoms with van der Waals surface area (Å²) in [6.45, 7) is 8.50. The Kier molecular flexibility index (Phi) is 8.26. The number of benzene rings is 1. The molecule has 0 aliphatic heterocycles. The lowest BCUT2D eigenvalue weighted by molar-refractivity contribution is 0.119. The van der Waals surface area contributed by atoms with Crippen molar-refractivity contribution in [3.63, 3.8) is 0 Å². The molecule has 0 spiro atoms. The van der Waals surface area contributed by atoms with E-state index in [4.69, 9.17) is 9.47 Å². The molecule has 114 valence electrons. The van der Waals surface area contributed by atoms with Crippen LogP contribution >= 0.6 is 0 Å². The molecule has 0 saturated heterocycles. The van der Waals surface area contributed by atoms with Crippen molar-refractivity contribution in [1.82, 2.24) is 10.2 Å². The molecule has 1 atom stereocenters. The Labute approximate surface area is 123 Å². The first-order chi connectivity index (χ1) is 9.72. The second kappa shape index (κ2) is 9.75. The first-order valence-electron chi connectivity index (χ1n) is 7.35. The zero-order valence-corrected chi connectivity index (χ0v) is 13.2. The van der Waals surface area contributed by atoms with Crippen LogP contribution in [0.1, 0.15) is 25.5 Å². The molecule has 20 heavy (non-hydrogen) atoms. The highest BCUT2D eigenvalue weighted by molar-refractivity contribution is 5.36. The quantitative estimate of drug-likeness (QED) is 0.667. The van der Waals surface area contributed by atoms with Gasteiger partial charge in [0.15, 0.2) is 0 Å². The van der Waals surface area contributed by atoms with E-state index >= 15 is 0 Å². The van der Waals surface area contributed by atoms with Crippen LogP contribution in [0.4, 0.5) is 0 Å². The van der Waals surface area contributed by atoms with Crippen LogP contribution in [0.25, 0.3) is 0 Å². The molecule has 0 radical (unpaired) electrons. The summed E-state index contributed by atoms with van der Waals surface area (Å²) in [6, 6.07) is 8.47. The van der Waals surface area contributed by atoms with Gasteiger partial charge in [-0.25, -0.2) is 0 Å².